The molecule has 6 heteroatoms. The normalized spacial score (nSPS) is 19.8. The zero-order chi connectivity index (χ0) is 22.2. The van der Waals surface area contributed by atoms with E-state index in [2.05, 4.69) is 35.2 Å². The van der Waals surface area contributed by atoms with Crippen LogP contribution in [0.2, 0.25) is 0 Å². The van der Waals surface area contributed by atoms with Crippen LogP contribution in [-0.2, 0) is 18.5 Å². The molecule has 1 heterocycles. The molecule has 1 spiro atoms. The van der Waals surface area contributed by atoms with Gasteiger partial charge in [0.2, 0.25) is 5.95 Å². The van der Waals surface area contributed by atoms with Gasteiger partial charge in [0, 0.05) is 31.0 Å². The van der Waals surface area contributed by atoms with Crippen LogP contribution in [0.5, 0.6) is 11.5 Å². The highest BCUT2D eigenvalue weighted by atomic mass is 16.5. The van der Waals surface area contributed by atoms with Gasteiger partial charge in [0.25, 0.3) is 0 Å². The van der Waals surface area contributed by atoms with Gasteiger partial charge >= 0.3 is 0 Å². The van der Waals surface area contributed by atoms with Gasteiger partial charge in [-0.05, 0) is 60.1 Å². The Kier molecular flexibility index (Phi) is 4.97. The van der Waals surface area contributed by atoms with Gasteiger partial charge in [-0.3, -0.25) is 0 Å². The van der Waals surface area contributed by atoms with Crippen molar-refractivity contribution in [3.8, 4) is 17.6 Å². The molecule has 32 heavy (non-hydrogen) atoms. The average molecular weight is 427 g/mol. The van der Waals surface area contributed by atoms with Crippen molar-refractivity contribution in [1.29, 1.82) is 5.26 Å². The molecule has 0 amide bonds. The van der Waals surface area contributed by atoms with Crippen molar-refractivity contribution in [3.63, 3.8) is 0 Å². The summed E-state index contributed by atoms with van der Waals surface area (Å²) < 4.78 is 10.6. The lowest BCUT2D eigenvalue weighted by Crippen LogP contribution is -2.24. The zero-order valence-electron chi connectivity index (χ0n) is 18.4. The van der Waals surface area contributed by atoms with Gasteiger partial charge in [-0.1, -0.05) is 24.3 Å². The van der Waals surface area contributed by atoms with Crippen molar-refractivity contribution in [2.24, 2.45) is 5.41 Å². The molecule has 0 saturated heterocycles. The third kappa shape index (κ3) is 3.54. The Hall–Kier alpha value is -3.59. The maximum Gasteiger partial charge on any atom is 0.225 e. The van der Waals surface area contributed by atoms with Gasteiger partial charge in [0.1, 0.15) is 11.5 Å². The Balaban J connectivity index is 1.40. The monoisotopic (exact) mass is 426 g/mol. The molecule has 5 rings (SSSR count). The summed E-state index contributed by atoms with van der Waals surface area (Å²) in [7, 11) is 3.33. The van der Waals surface area contributed by atoms with Gasteiger partial charge in [0.05, 0.1) is 25.7 Å². The van der Waals surface area contributed by atoms with Crippen molar-refractivity contribution in [3.05, 3.63) is 77.6 Å². The first-order valence-corrected chi connectivity index (χ1v) is 10.9. The highest BCUT2D eigenvalue weighted by Gasteiger charge is 2.75. The van der Waals surface area contributed by atoms with Crippen molar-refractivity contribution in [2.75, 3.05) is 19.1 Å². The molecule has 1 unspecified atom stereocenters. The van der Waals surface area contributed by atoms with Crippen LogP contribution < -0.4 is 14.4 Å². The minimum Gasteiger partial charge on any atom is -0.497 e. The molecule has 1 atom stereocenters. The van der Waals surface area contributed by atoms with Crippen molar-refractivity contribution < 1.29 is 9.47 Å². The summed E-state index contributed by atoms with van der Waals surface area (Å²) in [5.74, 6) is 2.31. The number of rotatable bonds is 8. The quantitative estimate of drug-likeness (QED) is 0.522. The standard InChI is InChI=1S/C26H26N4O2/c1-31-22-7-3-19(4-8-22)15-30(16-20-5-9-23(32-2)10-6-20)24-28-13-21(14-29-24)26(18-27)17-25(26)11-12-25/h3-10,13-14H,11-12,15-17H2,1-2H3. The first-order valence-electron chi connectivity index (χ1n) is 10.9. The number of nitriles is 1. The van der Waals surface area contributed by atoms with Crippen LogP contribution in [0.15, 0.2) is 60.9 Å². The molecule has 0 radical (unpaired) electrons. The third-order valence-electron chi connectivity index (χ3n) is 6.91. The Morgan fingerprint density at radius 1 is 0.875 bits per heavy atom. The fourth-order valence-corrected chi connectivity index (χ4v) is 4.65. The molecule has 0 bridgehead atoms. The van der Waals surface area contributed by atoms with E-state index >= 15 is 0 Å². The van der Waals surface area contributed by atoms with Crippen LogP contribution in [0.1, 0.15) is 36.0 Å². The fourth-order valence-electron chi connectivity index (χ4n) is 4.65. The van der Waals surface area contributed by atoms with E-state index in [1.54, 1.807) is 14.2 Å². The Morgan fingerprint density at radius 3 is 1.75 bits per heavy atom. The summed E-state index contributed by atoms with van der Waals surface area (Å²) in [5, 5.41) is 9.80. The van der Waals surface area contributed by atoms with Crippen molar-refractivity contribution >= 4 is 5.95 Å². The maximum atomic E-state index is 9.80. The van der Waals surface area contributed by atoms with Crippen LogP contribution in [0.25, 0.3) is 0 Å². The summed E-state index contributed by atoms with van der Waals surface area (Å²) in [6.45, 7) is 1.31. The van der Waals surface area contributed by atoms with Gasteiger partial charge in [0.15, 0.2) is 0 Å². The summed E-state index contributed by atoms with van der Waals surface area (Å²) in [4.78, 5) is 11.5. The van der Waals surface area contributed by atoms with E-state index in [0.717, 1.165) is 47.5 Å². The Morgan fingerprint density at radius 2 is 1.38 bits per heavy atom. The lowest BCUT2D eigenvalue weighted by atomic mass is 9.97. The number of hydrogen-bond acceptors (Lipinski definition) is 6. The highest BCUT2D eigenvalue weighted by Crippen LogP contribution is 2.78. The van der Waals surface area contributed by atoms with E-state index in [9.17, 15) is 5.26 Å². The molecular formula is C26H26N4O2. The van der Waals surface area contributed by atoms with Crippen LogP contribution in [0, 0.1) is 16.7 Å². The number of benzene rings is 2. The molecule has 2 aromatic carbocycles. The van der Waals surface area contributed by atoms with Crippen molar-refractivity contribution in [2.45, 2.75) is 37.8 Å². The molecule has 6 nitrogen and oxygen atoms in total. The van der Waals surface area contributed by atoms with E-state index in [1.165, 1.54) is 0 Å². The first-order chi connectivity index (χ1) is 15.6. The molecule has 1 aromatic heterocycles. The number of anilines is 1. The minimum atomic E-state index is -0.373. The van der Waals surface area contributed by atoms with E-state index in [1.807, 2.05) is 36.7 Å². The second kappa shape index (κ2) is 7.83. The number of ether oxygens (including phenoxy) is 2. The molecule has 0 N–H and O–H groups in total. The lowest BCUT2D eigenvalue weighted by Gasteiger charge is -2.23. The van der Waals surface area contributed by atoms with Gasteiger partial charge in [-0.25, -0.2) is 9.97 Å². The molecule has 0 aliphatic heterocycles. The Labute approximate surface area is 188 Å². The van der Waals surface area contributed by atoms with E-state index in [4.69, 9.17) is 19.4 Å². The van der Waals surface area contributed by atoms with Crippen molar-refractivity contribution in [1.82, 2.24) is 9.97 Å². The average Bonchev–Trinajstić information content (AvgIpc) is 3.77. The number of nitrogens with zero attached hydrogens (tertiary/aromatic N) is 4. The molecular weight excluding hydrogens is 400 g/mol. The summed E-state index contributed by atoms with van der Waals surface area (Å²) in [5.41, 5.74) is 3.07. The highest BCUT2D eigenvalue weighted by molar-refractivity contribution is 5.49. The summed E-state index contributed by atoms with van der Waals surface area (Å²) in [6, 6.07) is 18.6. The summed E-state index contributed by atoms with van der Waals surface area (Å²) in [6.07, 6.45) is 6.94. The fraction of sp³-hybridized carbons (Fsp3) is 0.346. The number of hydrogen-bond donors (Lipinski definition) is 0. The number of methoxy groups -OCH3 is 2. The second-order valence-electron chi connectivity index (χ2n) is 8.80. The van der Waals surface area contributed by atoms with Crippen LogP contribution >= 0.6 is 0 Å². The van der Waals surface area contributed by atoms with E-state index < -0.39 is 0 Å². The van der Waals surface area contributed by atoms with E-state index in [-0.39, 0.29) is 10.8 Å². The van der Waals surface area contributed by atoms with Crippen LogP contribution in [-0.4, -0.2) is 24.2 Å². The smallest absolute Gasteiger partial charge is 0.225 e. The van der Waals surface area contributed by atoms with Crippen LogP contribution in [0.4, 0.5) is 5.95 Å². The Bertz CT molecular complexity index is 1080. The largest absolute Gasteiger partial charge is 0.497 e. The van der Waals surface area contributed by atoms with Gasteiger partial charge in [-0.2, -0.15) is 5.26 Å². The molecule has 2 fully saturated rings. The molecule has 3 aromatic rings. The third-order valence-corrected chi connectivity index (χ3v) is 6.91. The van der Waals surface area contributed by atoms with E-state index in [0.29, 0.717) is 19.0 Å². The lowest BCUT2D eigenvalue weighted by molar-refractivity contribution is 0.414. The molecule has 2 saturated carbocycles. The number of aromatic nitrogens is 2. The SMILES string of the molecule is COc1ccc(CN(Cc2ccc(OC)cc2)c2ncc(C3(C#N)CC34CC4)cn2)cc1. The topological polar surface area (TPSA) is 71.3 Å². The molecule has 2 aliphatic rings. The molecule has 162 valence electrons. The summed E-state index contributed by atoms with van der Waals surface area (Å²) >= 11 is 0. The predicted octanol–water partition coefficient (Wildman–Crippen LogP) is 4.65. The predicted molar refractivity (Wildman–Crippen MR) is 121 cm³/mol. The first kappa shape index (κ1) is 20.3. The van der Waals surface area contributed by atoms with Gasteiger partial charge < -0.3 is 14.4 Å². The van der Waals surface area contributed by atoms with Crippen LogP contribution in [0.3, 0.4) is 0 Å². The second-order valence-corrected chi connectivity index (χ2v) is 8.80. The zero-order valence-corrected chi connectivity index (χ0v) is 18.4. The molecule has 2 aliphatic carbocycles. The maximum absolute atomic E-state index is 9.80. The van der Waals surface area contributed by atoms with Gasteiger partial charge in [-0.15, -0.1) is 0 Å². The minimum absolute atomic E-state index is 0.207.